The maximum absolute atomic E-state index is 6.42. The van der Waals surface area contributed by atoms with Crippen LogP contribution in [0.1, 0.15) is 0 Å². The van der Waals surface area contributed by atoms with Crippen molar-refractivity contribution in [2.45, 2.75) is 0 Å². The van der Waals surface area contributed by atoms with E-state index in [-0.39, 0.29) is 0 Å². The van der Waals surface area contributed by atoms with Crippen molar-refractivity contribution < 1.29 is 4.42 Å². The summed E-state index contributed by atoms with van der Waals surface area (Å²) in [5, 5.41) is 9.10. The van der Waals surface area contributed by atoms with Crippen molar-refractivity contribution in [1.82, 2.24) is 68.9 Å². The lowest BCUT2D eigenvalue weighted by Crippen LogP contribution is -2.05. The van der Waals surface area contributed by atoms with Gasteiger partial charge in [-0.3, -0.25) is 0 Å². The Kier molecular flexibility index (Phi) is 18.0. The van der Waals surface area contributed by atoms with Gasteiger partial charge >= 0.3 is 0 Å². The fraction of sp³-hybridized carbons (Fsp3) is 0. The monoisotopic (exact) mass is 1610 g/mol. The first-order valence-corrected chi connectivity index (χ1v) is 41.7. The highest BCUT2D eigenvalue weighted by atomic mass is 32.1. The number of furan rings is 1. The van der Waals surface area contributed by atoms with Gasteiger partial charge in [-0.25, -0.2) is 59.8 Å². The van der Waals surface area contributed by atoms with Crippen molar-refractivity contribution in [3.8, 4) is 148 Å². The summed E-state index contributed by atoms with van der Waals surface area (Å²) < 4.78 is 13.6. The molecular formula is C108H66N14OS. The molecule has 0 unspecified atom stereocenters. The first-order chi connectivity index (χ1) is 61.4. The van der Waals surface area contributed by atoms with Crippen molar-refractivity contribution in [3.05, 3.63) is 400 Å². The SMILES string of the molecule is c1ccc(-c2nc(-c3ccccc3)nc(-c3ccc(-n4c5ccccc5c5cc6oc7ccccc7c6cc54)c(-c4nc(-c5ccccc5)nc(-c5ccccc5)n4)c3)n2)cc1.c1ccc(-c2nc(-c3ccccc3)nc(-c3ccc(-n4c5ccccc5c5cc6sc7ccccc7c6cc54)c(-c4nc(-c5ccccc5)nc(-c5ccccc5)n4)c3)n2)cc1. The van der Waals surface area contributed by atoms with Gasteiger partial charge in [0.1, 0.15) is 11.2 Å². The highest BCUT2D eigenvalue weighted by Crippen LogP contribution is 2.46. The van der Waals surface area contributed by atoms with Crippen LogP contribution in [0.3, 0.4) is 0 Å². The van der Waals surface area contributed by atoms with Gasteiger partial charge in [-0.1, -0.05) is 315 Å². The first-order valence-electron chi connectivity index (χ1n) is 40.9. The smallest absolute Gasteiger partial charge is 0.166 e. The van der Waals surface area contributed by atoms with Gasteiger partial charge in [0.25, 0.3) is 0 Å². The van der Waals surface area contributed by atoms with Crippen molar-refractivity contribution >= 4 is 97.1 Å². The molecule has 0 aliphatic heterocycles. The predicted molar refractivity (Wildman–Crippen MR) is 501 cm³/mol. The van der Waals surface area contributed by atoms with E-state index in [0.29, 0.717) is 69.9 Å². The zero-order valence-corrected chi connectivity index (χ0v) is 67.0. The summed E-state index contributed by atoms with van der Waals surface area (Å²) in [5.41, 5.74) is 18.1. The molecule has 580 valence electrons. The Hall–Kier alpha value is -16.8. The van der Waals surface area contributed by atoms with Crippen molar-refractivity contribution in [3.63, 3.8) is 0 Å². The Morgan fingerprint density at radius 1 is 0.169 bits per heavy atom. The van der Waals surface area contributed by atoms with Crippen LogP contribution in [-0.2, 0) is 0 Å². The summed E-state index contributed by atoms with van der Waals surface area (Å²) in [6.45, 7) is 0. The highest BCUT2D eigenvalue weighted by molar-refractivity contribution is 7.25. The van der Waals surface area contributed by atoms with Crippen LogP contribution in [0, 0.1) is 0 Å². The maximum Gasteiger partial charge on any atom is 0.166 e. The molecule has 8 heterocycles. The number of aromatic nitrogens is 14. The largest absolute Gasteiger partial charge is 0.456 e. The molecule has 0 aliphatic carbocycles. The molecule has 8 aromatic heterocycles. The van der Waals surface area contributed by atoms with Crippen LogP contribution in [0.4, 0.5) is 0 Å². The third kappa shape index (κ3) is 13.3. The zero-order valence-electron chi connectivity index (χ0n) is 66.2. The number of hydrogen-bond donors (Lipinski definition) is 0. The lowest BCUT2D eigenvalue weighted by molar-refractivity contribution is 0.669. The summed E-state index contributed by atoms with van der Waals surface area (Å²) in [6.07, 6.45) is 0. The number of benzene rings is 16. The van der Waals surface area contributed by atoms with Crippen LogP contribution in [0.15, 0.2) is 405 Å². The molecule has 0 atom stereocenters. The summed E-state index contributed by atoms with van der Waals surface area (Å²) >= 11 is 1.83. The average Bonchev–Trinajstić information content (AvgIpc) is 1.57. The molecule has 15 nitrogen and oxygen atoms in total. The van der Waals surface area contributed by atoms with Gasteiger partial charge in [-0.2, -0.15) is 0 Å². The van der Waals surface area contributed by atoms with Crippen molar-refractivity contribution in [2.75, 3.05) is 0 Å². The second-order valence-corrected chi connectivity index (χ2v) is 31.3. The molecule has 0 spiro atoms. The quantitative estimate of drug-likeness (QED) is 0.101. The molecule has 24 rings (SSSR count). The van der Waals surface area contributed by atoms with Crippen LogP contribution in [-0.4, -0.2) is 68.9 Å². The third-order valence-electron chi connectivity index (χ3n) is 22.6. The summed E-state index contributed by atoms with van der Waals surface area (Å²) in [7, 11) is 0. The Morgan fingerprint density at radius 3 is 0.815 bits per heavy atom. The van der Waals surface area contributed by atoms with Crippen LogP contribution >= 0.6 is 11.3 Å². The molecular weight excluding hydrogens is 1540 g/mol. The number of fused-ring (bicyclic) bond motifs is 12. The Morgan fingerprint density at radius 2 is 0.452 bits per heavy atom. The normalized spacial score (nSPS) is 11.5. The lowest BCUT2D eigenvalue weighted by Gasteiger charge is -2.16. The van der Waals surface area contributed by atoms with E-state index in [4.69, 9.17) is 64.2 Å². The molecule has 124 heavy (non-hydrogen) atoms. The van der Waals surface area contributed by atoms with Crippen LogP contribution in [0.5, 0.6) is 0 Å². The van der Waals surface area contributed by atoms with Gasteiger partial charge < -0.3 is 13.6 Å². The molecule has 0 radical (unpaired) electrons. The average molecular weight is 1610 g/mol. The van der Waals surface area contributed by atoms with E-state index in [1.165, 1.54) is 30.9 Å². The summed E-state index contributed by atoms with van der Waals surface area (Å²) in [6, 6.07) is 136. The number of rotatable bonds is 14. The van der Waals surface area contributed by atoms with E-state index in [2.05, 4.69) is 155 Å². The van der Waals surface area contributed by atoms with Crippen LogP contribution in [0.25, 0.3) is 234 Å². The number of thiophene rings is 1. The number of nitrogens with zero attached hydrogens (tertiary/aromatic N) is 14. The van der Waals surface area contributed by atoms with Gasteiger partial charge in [0.15, 0.2) is 69.9 Å². The minimum absolute atomic E-state index is 0.510. The fourth-order valence-electron chi connectivity index (χ4n) is 16.7. The molecule has 0 saturated carbocycles. The molecule has 0 saturated heterocycles. The van der Waals surface area contributed by atoms with Crippen LogP contribution in [0.2, 0.25) is 0 Å². The molecule has 0 bridgehead atoms. The molecule has 24 aromatic rings. The second-order valence-electron chi connectivity index (χ2n) is 30.2. The fourth-order valence-corrected chi connectivity index (χ4v) is 17.9. The predicted octanol–water partition coefficient (Wildman–Crippen LogP) is 26.6. The van der Waals surface area contributed by atoms with Gasteiger partial charge in [0, 0.05) is 119 Å². The second kappa shape index (κ2) is 30.8. The number of hydrogen-bond acceptors (Lipinski definition) is 14. The Bertz CT molecular complexity index is 7500. The van der Waals surface area contributed by atoms with E-state index in [9.17, 15) is 0 Å². The third-order valence-corrected chi connectivity index (χ3v) is 23.7. The van der Waals surface area contributed by atoms with E-state index < -0.39 is 0 Å². The van der Waals surface area contributed by atoms with E-state index in [1.807, 2.05) is 266 Å². The first kappa shape index (κ1) is 72.4. The zero-order chi connectivity index (χ0) is 82.0. The summed E-state index contributed by atoms with van der Waals surface area (Å²) in [4.78, 5) is 61.7. The topological polar surface area (TPSA) is 178 Å². The Balaban J connectivity index is 0.000000143. The van der Waals surface area contributed by atoms with E-state index >= 15 is 0 Å². The van der Waals surface area contributed by atoms with Gasteiger partial charge in [-0.05, 0) is 84.9 Å². The van der Waals surface area contributed by atoms with Gasteiger partial charge in [-0.15, -0.1) is 11.3 Å². The standard InChI is InChI=1S/C54H33N7O.C54H33N7S/c2*1-5-17-34(18-6-1)49-55-50(35-19-7-2-8-20-35)58-53(57-49)38-29-30-45(43(31-38)54-59-51(36-21-9-3-10-22-36)56-52(60-54)37-23-11-4-12-24-37)61-44-27-15-13-25-39(44)41-33-48-42(32-46(41)61)40-26-14-16-28-47(40)62-48/h2*1-33H. The molecule has 0 N–H and O–H groups in total. The lowest BCUT2D eigenvalue weighted by atomic mass is 10.1. The number of para-hydroxylation sites is 3. The van der Waals surface area contributed by atoms with Gasteiger partial charge in [0.05, 0.1) is 33.4 Å². The van der Waals surface area contributed by atoms with Crippen molar-refractivity contribution in [1.29, 1.82) is 0 Å². The maximum atomic E-state index is 6.42. The molecule has 16 heteroatoms. The van der Waals surface area contributed by atoms with Gasteiger partial charge in [0.2, 0.25) is 0 Å². The molecule has 16 aromatic carbocycles. The highest BCUT2D eigenvalue weighted by Gasteiger charge is 2.27. The van der Waals surface area contributed by atoms with Crippen molar-refractivity contribution in [2.24, 2.45) is 0 Å². The molecule has 0 fully saturated rings. The van der Waals surface area contributed by atoms with Crippen LogP contribution < -0.4 is 0 Å². The Labute approximate surface area is 714 Å². The molecule has 0 aliphatic rings. The summed E-state index contributed by atoms with van der Waals surface area (Å²) in [5.74, 6) is 6.75. The molecule has 0 amide bonds. The van der Waals surface area contributed by atoms with E-state index in [0.717, 1.165) is 133 Å². The minimum Gasteiger partial charge on any atom is -0.456 e. The minimum atomic E-state index is 0.510. The van der Waals surface area contributed by atoms with E-state index in [1.54, 1.807) is 0 Å².